The number of hydrogen-bond donors (Lipinski definition) is 0. The minimum Gasteiger partial charge on any atom is -0.238 e. The Labute approximate surface area is 83.8 Å². The van der Waals surface area contributed by atoms with Gasteiger partial charge in [-0.3, -0.25) is 0 Å². The smallest absolute Gasteiger partial charge is 0.128 e. The minimum absolute atomic E-state index is 0.280. The zero-order chi connectivity index (χ0) is 10.2. The molecule has 0 N–H and O–H groups in total. The number of hydrogen-bond acceptors (Lipinski definition) is 3. The van der Waals surface area contributed by atoms with Crippen LogP contribution >= 0.6 is 0 Å². The van der Waals surface area contributed by atoms with Crippen LogP contribution in [0.25, 0.3) is 0 Å². The van der Waals surface area contributed by atoms with Crippen molar-refractivity contribution in [2.24, 2.45) is 0 Å². The Bertz CT molecular complexity index is 399. The molecular formula is C11H13N3. The van der Waals surface area contributed by atoms with Gasteiger partial charge in [0.15, 0.2) is 0 Å². The monoisotopic (exact) mass is 187 g/mol. The Morgan fingerprint density at radius 3 is 2.71 bits per heavy atom. The summed E-state index contributed by atoms with van der Waals surface area (Å²) in [6, 6.07) is 4.30. The van der Waals surface area contributed by atoms with Gasteiger partial charge in [-0.1, -0.05) is 6.92 Å². The van der Waals surface area contributed by atoms with Gasteiger partial charge in [-0.2, -0.15) is 5.26 Å². The molecule has 3 heteroatoms. The Hall–Kier alpha value is -1.43. The highest BCUT2D eigenvalue weighted by molar-refractivity contribution is 5.34. The molecule has 14 heavy (non-hydrogen) atoms. The fourth-order valence-corrected chi connectivity index (χ4v) is 1.58. The molecule has 0 amide bonds. The predicted molar refractivity (Wildman–Crippen MR) is 52.7 cm³/mol. The summed E-state index contributed by atoms with van der Waals surface area (Å²) in [6.45, 7) is 3.99. The van der Waals surface area contributed by atoms with E-state index in [0.29, 0.717) is 0 Å². The third-order valence-corrected chi connectivity index (χ3v) is 2.67. The lowest BCUT2D eigenvalue weighted by Gasteiger charge is -2.07. The van der Waals surface area contributed by atoms with E-state index >= 15 is 0 Å². The summed E-state index contributed by atoms with van der Waals surface area (Å²) in [6.07, 6.45) is 2.72. The first-order valence-electron chi connectivity index (χ1n) is 4.96. The fourth-order valence-electron chi connectivity index (χ4n) is 1.58. The van der Waals surface area contributed by atoms with Crippen LogP contribution in [0.5, 0.6) is 0 Å². The highest BCUT2D eigenvalue weighted by Crippen LogP contribution is 2.46. The van der Waals surface area contributed by atoms with Crippen LogP contribution in [0, 0.1) is 18.3 Å². The van der Waals surface area contributed by atoms with E-state index in [2.05, 4.69) is 16.0 Å². The zero-order valence-corrected chi connectivity index (χ0v) is 8.54. The largest absolute Gasteiger partial charge is 0.238 e. The number of aryl methyl sites for hydroxylation is 2. The zero-order valence-electron chi connectivity index (χ0n) is 8.54. The van der Waals surface area contributed by atoms with E-state index in [1.165, 1.54) is 0 Å². The maximum absolute atomic E-state index is 9.05. The van der Waals surface area contributed by atoms with Crippen LogP contribution in [0.4, 0.5) is 0 Å². The molecule has 0 unspecified atom stereocenters. The molecule has 0 spiro atoms. The number of nitriles is 1. The van der Waals surface area contributed by atoms with E-state index in [9.17, 15) is 0 Å². The summed E-state index contributed by atoms with van der Waals surface area (Å²) in [5, 5.41) is 9.05. The molecule has 1 fully saturated rings. The summed E-state index contributed by atoms with van der Waals surface area (Å²) in [5.41, 5.74) is 1.61. The molecule has 72 valence electrons. The molecule has 0 atom stereocenters. The molecule has 3 nitrogen and oxygen atoms in total. The summed E-state index contributed by atoms with van der Waals surface area (Å²) in [4.78, 5) is 8.73. The molecule has 0 aliphatic heterocycles. The van der Waals surface area contributed by atoms with E-state index in [1.807, 2.05) is 19.9 Å². The van der Waals surface area contributed by atoms with Crippen LogP contribution < -0.4 is 0 Å². The van der Waals surface area contributed by atoms with Crippen LogP contribution in [0.2, 0.25) is 0 Å². The number of rotatable bonds is 2. The van der Waals surface area contributed by atoms with Crippen molar-refractivity contribution in [2.45, 2.75) is 38.5 Å². The summed E-state index contributed by atoms with van der Waals surface area (Å²) < 4.78 is 0. The number of aromatic nitrogens is 2. The normalized spacial score (nSPS) is 17.5. The van der Waals surface area contributed by atoms with Crippen molar-refractivity contribution >= 4 is 0 Å². The Morgan fingerprint density at radius 1 is 1.50 bits per heavy atom. The first-order chi connectivity index (χ1) is 6.70. The van der Waals surface area contributed by atoms with Gasteiger partial charge in [0.25, 0.3) is 0 Å². The molecule has 1 aromatic rings. The molecule has 0 radical (unpaired) electrons. The summed E-state index contributed by atoms with van der Waals surface area (Å²) in [5.74, 6) is 0.849. The highest BCUT2D eigenvalue weighted by atomic mass is 14.9. The molecule has 1 aliphatic rings. The van der Waals surface area contributed by atoms with E-state index in [-0.39, 0.29) is 5.41 Å². The van der Waals surface area contributed by atoms with Gasteiger partial charge in [0, 0.05) is 12.1 Å². The highest BCUT2D eigenvalue weighted by Gasteiger charge is 2.46. The van der Waals surface area contributed by atoms with Gasteiger partial charge in [-0.05, 0) is 25.8 Å². The quantitative estimate of drug-likeness (QED) is 0.710. The first-order valence-corrected chi connectivity index (χ1v) is 4.96. The van der Waals surface area contributed by atoms with Crippen LogP contribution in [-0.4, -0.2) is 9.97 Å². The molecule has 1 heterocycles. The molecule has 0 bridgehead atoms. The van der Waals surface area contributed by atoms with Gasteiger partial charge < -0.3 is 0 Å². The molecule has 1 aliphatic carbocycles. The van der Waals surface area contributed by atoms with Gasteiger partial charge in [-0.25, -0.2) is 9.97 Å². The maximum Gasteiger partial charge on any atom is 0.128 e. The lowest BCUT2D eigenvalue weighted by molar-refractivity contribution is 0.796. The lowest BCUT2D eigenvalue weighted by atomic mass is 10.0. The van der Waals surface area contributed by atoms with E-state index in [0.717, 1.165) is 36.5 Å². The van der Waals surface area contributed by atoms with Crippen molar-refractivity contribution in [3.8, 4) is 6.07 Å². The molecular weight excluding hydrogens is 174 g/mol. The van der Waals surface area contributed by atoms with Crippen molar-refractivity contribution in [3.63, 3.8) is 0 Å². The fraction of sp³-hybridized carbons (Fsp3) is 0.545. The van der Waals surface area contributed by atoms with Crippen molar-refractivity contribution in [1.82, 2.24) is 9.97 Å². The topological polar surface area (TPSA) is 49.6 Å². The Balaban J connectivity index is 2.45. The molecule has 1 saturated carbocycles. The minimum atomic E-state index is -0.280. The Kier molecular flexibility index (Phi) is 1.99. The van der Waals surface area contributed by atoms with E-state index < -0.39 is 0 Å². The van der Waals surface area contributed by atoms with Crippen molar-refractivity contribution in [1.29, 1.82) is 5.26 Å². The molecule has 1 aromatic heterocycles. The van der Waals surface area contributed by atoms with Crippen LogP contribution in [0.3, 0.4) is 0 Å². The second-order valence-corrected chi connectivity index (χ2v) is 3.86. The van der Waals surface area contributed by atoms with Crippen molar-refractivity contribution in [3.05, 3.63) is 23.3 Å². The van der Waals surface area contributed by atoms with Crippen molar-refractivity contribution in [2.75, 3.05) is 0 Å². The molecule has 0 saturated heterocycles. The summed E-state index contributed by atoms with van der Waals surface area (Å²) >= 11 is 0. The standard InChI is InChI=1S/C11H13N3/c1-3-10-13-8(2)6-9(14-10)11(7-12)4-5-11/h6H,3-5H2,1-2H3. The number of nitrogens with zero attached hydrogens (tertiary/aromatic N) is 3. The van der Waals surface area contributed by atoms with Gasteiger partial charge >= 0.3 is 0 Å². The van der Waals surface area contributed by atoms with Crippen LogP contribution in [0.15, 0.2) is 6.07 Å². The molecule has 2 rings (SSSR count). The lowest BCUT2D eigenvalue weighted by Crippen LogP contribution is -2.09. The predicted octanol–water partition coefficient (Wildman–Crippen LogP) is 1.90. The molecule has 0 aromatic carbocycles. The third-order valence-electron chi connectivity index (χ3n) is 2.67. The van der Waals surface area contributed by atoms with Crippen molar-refractivity contribution < 1.29 is 0 Å². The Morgan fingerprint density at radius 2 is 2.21 bits per heavy atom. The van der Waals surface area contributed by atoms with Crippen LogP contribution in [0.1, 0.15) is 37.0 Å². The second-order valence-electron chi connectivity index (χ2n) is 3.86. The third kappa shape index (κ3) is 1.37. The van der Waals surface area contributed by atoms with Gasteiger partial charge in [0.1, 0.15) is 5.82 Å². The summed E-state index contributed by atoms with van der Waals surface area (Å²) in [7, 11) is 0. The van der Waals surface area contributed by atoms with E-state index in [1.54, 1.807) is 0 Å². The van der Waals surface area contributed by atoms with Gasteiger partial charge in [0.05, 0.1) is 17.2 Å². The van der Waals surface area contributed by atoms with Gasteiger partial charge in [-0.15, -0.1) is 0 Å². The first kappa shape index (κ1) is 9.14. The average Bonchev–Trinajstić information content (AvgIpc) is 2.97. The van der Waals surface area contributed by atoms with Crippen LogP contribution in [-0.2, 0) is 11.8 Å². The average molecular weight is 187 g/mol. The van der Waals surface area contributed by atoms with E-state index in [4.69, 9.17) is 5.26 Å². The SMILES string of the molecule is CCc1nc(C)cc(C2(C#N)CC2)n1. The van der Waals surface area contributed by atoms with Gasteiger partial charge in [0.2, 0.25) is 0 Å². The second kappa shape index (κ2) is 3.06. The maximum atomic E-state index is 9.05.